The summed E-state index contributed by atoms with van der Waals surface area (Å²) in [7, 11) is 0. The van der Waals surface area contributed by atoms with Crippen LogP contribution in [0.2, 0.25) is 10.0 Å². The lowest BCUT2D eigenvalue weighted by Crippen LogP contribution is -2.62. The van der Waals surface area contributed by atoms with Gasteiger partial charge in [0.2, 0.25) is 0 Å². The second-order valence-electron chi connectivity index (χ2n) is 11.9. The van der Waals surface area contributed by atoms with E-state index in [1.54, 1.807) is 0 Å². The summed E-state index contributed by atoms with van der Waals surface area (Å²) in [5.41, 5.74) is 21.8. The minimum absolute atomic E-state index is 0.191. The molecule has 1 aliphatic heterocycles. The highest BCUT2D eigenvalue weighted by Crippen LogP contribution is 2.62. The van der Waals surface area contributed by atoms with E-state index >= 15 is 0 Å². The highest BCUT2D eigenvalue weighted by molar-refractivity contribution is 8.02. The largest absolute Gasteiger partial charge is 0.461 e. The molecule has 2 fully saturated rings. The molecule has 10 heteroatoms. The van der Waals surface area contributed by atoms with Crippen LogP contribution in [0.4, 0.5) is 0 Å². The highest BCUT2D eigenvalue weighted by atomic mass is 35.5. The number of thioether (sulfide) groups is 1. The molecular weight excluding hydrogens is 589 g/mol. The Hall–Kier alpha value is -1.36. The molecule has 1 saturated heterocycles. The van der Waals surface area contributed by atoms with E-state index in [4.69, 9.17) is 45.1 Å². The van der Waals surface area contributed by atoms with Gasteiger partial charge in [-0.05, 0) is 93.4 Å². The first kappa shape index (κ1) is 33.5. The Bertz CT molecular complexity index is 1220. The normalized spacial score (nSPS) is 26.5. The monoisotopic (exact) mass is 635 g/mol. The zero-order chi connectivity index (χ0) is 30.5. The third kappa shape index (κ3) is 6.81. The van der Waals surface area contributed by atoms with Crippen LogP contribution in [0, 0.1) is 5.92 Å². The summed E-state index contributed by atoms with van der Waals surface area (Å²) >= 11 is 15.3. The molecule has 4 unspecified atom stereocenters. The molecule has 7 nitrogen and oxygen atoms in total. The van der Waals surface area contributed by atoms with Crippen molar-refractivity contribution in [1.82, 2.24) is 10.2 Å². The van der Waals surface area contributed by atoms with Crippen LogP contribution in [0.1, 0.15) is 82.0 Å². The standard InChI is InChI=1S/C32H47Cl2N5O2S/c1-4-19-39(29(25-9-10-25)24-7-5-23(6-8-24)21-41-22(2)40)32(15-18-37)38-31(14-17-36,30(3,42-32)13-16-35)27-12-11-26(33)20-28(27)34/h5-8,11-12,20,25,29,38H,4,9-10,13-19,21,35-37H2,1-3H3. The maximum atomic E-state index is 11.4. The van der Waals surface area contributed by atoms with Gasteiger partial charge < -0.3 is 21.9 Å². The Labute approximate surface area is 265 Å². The number of carbonyl (C=O) groups is 1. The summed E-state index contributed by atoms with van der Waals surface area (Å²) in [6.45, 7) is 8.67. The van der Waals surface area contributed by atoms with E-state index in [9.17, 15) is 4.79 Å². The first-order valence-corrected chi connectivity index (χ1v) is 16.7. The molecule has 2 aromatic carbocycles. The minimum atomic E-state index is -0.559. The van der Waals surface area contributed by atoms with Gasteiger partial charge in [0.05, 0.1) is 5.54 Å². The molecular formula is C32H47Cl2N5O2S. The number of nitrogens with two attached hydrogens (primary N) is 3. The van der Waals surface area contributed by atoms with Gasteiger partial charge >= 0.3 is 5.97 Å². The molecule has 1 heterocycles. The predicted molar refractivity (Wildman–Crippen MR) is 175 cm³/mol. The fourth-order valence-electron chi connectivity index (χ4n) is 6.84. The van der Waals surface area contributed by atoms with Gasteiger partial charge in [-0.2, -0.15) is 0 Å². The molecule has 0 bridgehead atoms. The number of hydrogen-bond acceptors (Lipinski definition) is 8. The van der Waals surface area contributed by atoms with Crippen LogP contribution in [0.15, 0.2) is 42.5 Å². The van der Waals surface area contributed by atoms with Crippen molar-refractivity contribution in [1.29, 1.82) is 0 Å². The fraction of sp³-hybridized carbons (Fsp3) is 0.594. The van der Waals surface area contributed by atoms with Gasteiger partial charge in [0.15, 0.2) is 0 Å². The van der Waals surface area contributed by atoms with Crippen molar-refractivity contribution in [3.05, 3.63) is 69.2 Å². The highest BCUT2D eigenvalue weighted by Gasteiger charge is 2.64. The predicted octanol–water partition coefficient (Wildman–Crippen LogP) is 5.91. The molecule has 232 valence electrons. The lowest BCUT2D eigenvalue weighted by atomic mass is 9.73. The van der Waals surface area contributed by atoms with Crippen molar-refractivity contribution in [2.45, 2.75) is 87.2 Å². The quantitative estimate of drug-likeness (QED) is 0.178. The van der Waals surface area contributed by atoms with Crippen LogP contribution in [0.25, 0.3) is 0 Å². The molecule has 1 aliphatic carbocycles. The average Bonchev–Trinajstić information content (AvgIpc) is 3.74. The number of carbonyl (C=O) groups excluding carboxylic acids is 1. The zero-order valence-corrected chi connectivity index (χ0v) is 27.5. The van der Waals surface area contributed by atoms with Gasteiger partial charge in [0.1, 0.15) is 11.6 Å². The molecule has 4 atom stereocenters. The van der Waals surface area contributed by atoms with Gasteiger partial charge in [-0.15, -0.1) is 11.8 Å². The summed E-state index contributed by atoms with van der Waals surface area (Å²) in [5.74, 6) is 0.261. The SMILES string of the molecule is CCCN(C(c1ccc(COC(C)=O)cc1)C1CC1)C1(CCN)NC(CCN)(c2ccc(Cl)cc2Cl)C(C)(CCN)S1. The molecule has 7 N–H and O–H groups in total. The number of hydrogen-bond donors (Lipinski definition) is 4. The second-order valence-corrected chi connectivity index (χ2v) is 14.5. The van der Waals surface area contributed by atoms with Crippen LogP contribution < -0.4 is 22.5 Å². The molecule has 0 spiro atoms. The Morgan fingerprint density at radius 2 is 1.74 bits per heavy atom. The third-order valence-corrected chi connectivity index (χ3v) is 11.2. The van der Waals surface area contributed by atoms with Crippen molar-refractivity contribution in [2.24, 2.45) is 23.1 Å². The number of benzene rings is 2. The number of nitrogens with zero attached hydrogens (tertiary/aromatic N) is 1. The van der Waals surface area contributed by atoms with Crippen LogP contribution in [0.5, 0.6) is 0 Å². The lowest BCUT2D eigenvalue weighted by Gasteiger charge is -2.47. The summed E-state index contributed by atoms with van der Waals surface area (Å²) in [6.07, 6.45) is 5.55. The molecule has 2 aromatic rings. The zero-order valence-electron chi connectivity index (χ0n) is 25.1. The first-order valence-electron chi connectivity index (χ1n) is 15.1. The summed E-state index contributed by atoms with van der Waals surface area (Å²) < 4.78 is 4.91. The van der Waals surface area contributed by atoms with Crippen LogP contribution in [-0.4, -0.2) is 46.8 Å². The lowest BCUT2D eigenvalue weighted by molar-refractivity contribution is -0.142. The van der Waals surface area contributed by atoms with Crippen LogP contribution >= 0.6 is 35.0 Å². The van der Waals surface area contributed by atoms with Crippen molar-refractivity contribution >= 4 is 40.9 Å². The molecule has 0 aromatic heterocycles. The first-order chi connectivity index (χ1) is 20.1. The number of ether oxygens (including phenoxy) is 1. The van der Waals surface area contributed by atoms with E-state index in [2.05, 4.69) is 48.3 Å². The molecule has 0 amide bonds. The van der Waals surface area contributed by atoms with Gasteiger partial charge in [0.25, 0.3) is 0 Å². The van der Waals surface area contributed by atoms with E-state index in [1.165, 1.54) is 25.3 Å². The summed E-state index contributed by atoms with van der Waals surface area (Å²) in [4.78, 5) is 13.5. The smallest absolute Gasteiger partial charge is 0.302 e. The Morgan fingerprint density at radius 3 is 2.29 bits per heavy atom. The fourth-order valence-corrected chi connectivity index (χ4v) is 9.58. The van der Waals surface area contributed by atoms with Gasteiger partial charge in [-0.1, -0.05) is 60.5 Å². The number of esters is 1. The molecule has 2 aliphatic rings. The maximum Gasteiger partial charge on any atom is 0.302 e. The number of nitrogens with one attached hydrogen (secondary N) is 1. The van der Waals surface area contributed by atoms with Gasteiger partial charge in [-0.25, -0.2) is 0 Å². The Morgan fingerprint density at radius 1 is 1.07 bits per heavy atom. The third-order valence-electron chi connectivity index (χ3n) is 8.82. The van der Waals surface area contributed by atoms with Crippen molar-refractivity contribution in [3.63, 3.8) is 0 Å². The van der Waals surface area contributed by atoms with E-state index in [1.807, 2.05) is 30.0 Å². The topological polar surface area (TPSA) is 120 Å². The average molecular weight is 637 g/mol. The summed E-state index contributed by atoms with van der Waals surface area (Å²) in [5, 5.41) is 5.45. The van der Waals surface area contributed by atoms with Crippen LogP contribution in [-0.2, 0) is 21.7 Å². The van der Waals surface area contributed by atoms with Crippen molar-refractivity contribution in [3.8, 4) is 0 Å². The molecule has 42 heavy (non-hydrogen) atoms. The minimum Gasteiger partial charge on any atom is -0.461 e. The van der Waals surface area contributed by atoms with E-state index in [0.717, 1.165) is 36.9 Å². The van der Waals surface area contributed by atoms with Crippen LogP contribution in [0.3, 0.4) is 0 Å². The van der Waals surface area contributed by atoms with Gasteiger partial charge in [0, 0.05) is 40.7 Å². The number of rotatable bonds is 15. The van der Waals surface area contributed by atoms with E-state index in [-0.39, 0.29) is 23.4 Å². The summed E-state index contributed by atoms with van der Waals surface area (Å²) in [6, 6.07) is 14.5. The molecule has 0 radical (unpaired) electrons. The van der Waals surface area contributed by atoms with Crippen molar-refractivity contribution in [2.75, 3.05) is 26.2 Å². The molecule has 4 rings (SSSR count). The molecule has 1 saturated carbocycles. The maximum absolute atomic E-state index is 11.4. The van der Waals surface area contributed by atoms with E-state index in [0.29, 0.717) is 42.0 Å². The number of halogens is 2. The van der Waals surface area contributed by atoms with Gasteiger partial charge in [-0.3, -0.25) is 15.0 Å². The van der Waals surface area contributed by atoms with Crippen molar-refractivity contribution < 1.29 is 9.53 Å². The Kier molecular flexibility index (Phi) is 11.3. The van der Waals surface area contributed by atoms with E-state index < -0.39 is 10.5 Å². The second kappa shape index (κ2) is 14.2. The Balaban J connectivity index is 1.84.